The molecular formula is C14H13N3S. The molecule has 1 N–H and O–H groups in total. The summed E-state index contributed by atoms with van der Waals surface area (Å²) < 4.78 is 0. The highest BCUT2D eigenvalue weighted by atomic mass is 32.1. The maximum absolute atomic E-state index is 9.44. The zero-order valence-corrected chi connectivity index (χ0v) is 10.7. The predicted molar refractivity (Wildman–Crippen MR) is 72.5 cm³/mol. The van der Waals surface area contributed by atoms with Crippen LogP contribution in [0.3, 0.4) is 0 Å². The molecule has 90 valence electrons. The second kappa shape index (κ2) is 4.43. The second-order valence-electron chi connectivity index (χ2n) is 4.65. The van der Waals surface area contributed by atoms with Gasteiger partial charge < -0.3 is 5.32 Å². The fourth-order valence-electron chi connectivity index (χ4n) is 2.50. The highest BCUT2D eigenvalue weighted by molar-refractivity contribution is 7.13. The largest absolute Gasteiger partial charge is 0.359 e. The maximum Gasteiger partial charge on any atom is 0.182 e. The van der Waals surface area contributed by atoms with Crippen LogP contribution in [0, 0.1) is 11.3 Å². The molecule has 0 atom stereocenters. The Kier molecular flexibility index (Phi) is 2.77. The first-order chi connectivity index (χ1) is 8.82. The Morgan fingerprint density at radius 1 is 1.33 bits per heavy atom. The van der Waals surface area contributed by atoms with E-state index in [1.807, 2.05) is 35.7 Å². The molecule has 4 heteroatoms. The zero-order valence-electron chi connectivity index (χ0n) is 9.84. The minimum absolute atomic E-state index is 0.309. The van der Waals surface area contributed by atoms with Gasteiger partial charge in [-0.1, -0.05) is 30.3 Å². The minimum Gasteiger partial charge on any atom is -0.359 e. The summed E-state index contributed by atoms with van der Waals surface area (Å²) in [5.41, 5.74) is 0.820. The van der Waals surface area contributed by atoms with Crippen molar-refractivity contribution < 1.29 is 0 Å². The third-order valence-corrected chi connectivity index (χ3v) is 4.19. The SMILES string of the molecule is N#CC1(c2ccccc2)CC(Nc2nccs2)C1. The molecule has 18 heavy (non-hydrogen) atoms. The number of nitriles is 1. The summed E-state index contributed by atoms with van der Waals surface area (Å²) in [6.45, 7) is 0. The van der Waals surface area contributed by atoms with Gasteiger partial charge in [-0.25, -0.2) is 4.98 Å². The Morgan fingerprint density at radius 3 is 2.72 bits per heavy atom. The molecule has 1 aromatic carbocycles. The third kappa shape index (κ3) is 1.87. The Bertz CT molecular complexity index is 550. The molecule has 2 aromatic rings. The van der Waals surface area contributed by atoms with Crippen LogP contribution in [0.5, 0.6) is 0 Å². The molecule has 1 saturated carbocycles. The van der Waals surface area contributed by atoms with E-state index in [1.54, 1.807) is 17.5 Å². The normalized spacial score (nSPS) is 26.1. The van der Waals surface area contributed by atoms with E-state index in [1.165, 1.54) is 0 Å². The van der Waals surface area contributed by atoms with Gasteiger partial charge in [0.1, 0.15) is 0 Å². The van der Waals surface area contributed by atoms with Crippen molar-refractivity contribution in [3.63, 3.8) is 0 Å². The number of nitrogens with one attached hydrogen (secondary N) is 1. The summed E-state index contributed by atoms with van der Waals surface area (Å²) >= 11 is 1.60. The molecule has 0 saturated heterocycles. The van der Waals surface area contributed by atoms with Crippen LogP contribution in [0.25, 0.3) is 0 Å². The second-order valence-corrected chi connectivity index (χ2v) is 5.54. The summed E-state index contributed by atoms with van der Waals surface area (Å²) in [6.07, 6.45) is 3.50. The molecular weight excluding hydrogens is 242 g/mol. The number of benzene rings is 1. The first kappa shape index (κ1) is 11.2. The van der Waals surface area contributed by atoms with E-state index in [0.29, 0.717) is 6.04 Å². The lowest BCUT2D eigenvalue weighted by atomic mass is 9.62. The van der Waals surface area contributed by atoms with Gasteiger partial charge >= 0.3 is 0 Å². The number of hydrogen-bond donors (Lipinski definition) is 1. The summed E-state index contributed by atoms with van der Waals surface area (Å²) in [7, 11) is 0. The molecule has 1 aromatic heterocycles. The Balaban J connectivity index is 1.70. The smallest absolute Gasteiger partial charge is 0.182 e. The number of rotatable bonds is 3. The van der Waals surface area contributed by atoms with Crippen molar-refractivity contribution in [3.8, 4) is 6.07 Å². The molecule has 0 amide bonds. The van der Waals surface area contributed by atoms with Gasteiger partial charge in [-0.05, 0) is 18.4 Å². The Labute approximate surface area is 110 Å². The van der Waals surface area contributed by atoms with Crippen molar-refractivity contribution in [1.82, 2.24) is 4.98 Å². The zero-order chi connectivity index (χ0) is 12.4. The number of nitrogens with zero attached hydrogens (tertiary/aromatic N) is 2. The van der Waals surface area contributed by atoms with Crippen LogP contribution in [-0.4, -0.2) is 11.0 Å². The highest BCUT2D eigenvalue weighted by Gasteiger charge is 2.46. The average molecular weight is 255 g/mol. The van der Waals surface area contributed by atoms with Gasteiger partial charge in [0.05, 0.1) is 11.5 Å². The van der Waals surface area contributed by atoms with E-state index in [0.717, 1.165) is 23.5 Å². The third-order valence-electron chi connectivity index (χ3n) is 3.49. The lowest BCUT2D eigenvalue weighted by Gasteiger charge is -2.43. The van der Waals surface area contributed by atoms with Crippen LogP contribution < -0.4 is 5.32 Å². The van der Waals surface area contributed by atoms with Gasteiger partial charge in [0.2, 0.25) is 0 Å². The first-order valence-electron chi connectivity index (χ1n) is 5.95. The van der Waals surface area contributed by atoms with Crippen molar-refractivity contribution >= 4 is 16.5 Å². The van der Waals surface area contributed by atoms with E-state index in [9.17, 15) is 5.26 Å². The van der Waals surface area contributed by atoms with Crippen molar-refractivity contribution in [3.05, 3.63) is 47.5 Å². The van der Waals surface area contributed by atoms with Crippen LogP contribution in [0.15, 0.2) is 41.9 Å². The Hall–Kier alpha value is -1.86. The molecule has 3 rings (SSSR count). The van der Waals surface area contributed by atoms with Crippen LogP contribution >= 0.6 is 11.3 Å². The molecule has 1 heterocycles. The Morgan fingerprint density at radius 2 is 2.11 bits per heavy atom. The van der Waals surface area contributed by atoms with Crippen molar-refractivity contribution in [2.45, 2.75) is 24.3 Å². The molecule has 0 aliphatic heterocycles. The van der Waals surface area contributed by atoms with E-state index in [-0.39, 0.29) is 5.41 Å². The van der Waals surface area contributed by atoms with Crippen molar-refractivity contribution in [2.75, 3.05) is 5.32 Å². The van der Waals surface area contributed by atoms with Gasteiger partial charge in [0.15, 0.2) is 5.13 Å². The number of aromatic nitrogens is 1. The first-order valence-corrected chi connectivity index (χ1v) is 6.83. The van der Waals surface area contributed by atoms with Gasteiger partial charge in [0.25, 0.3) is 0 Å². The van der Waals surface area contributed by atoms with Gasteiger partial charge in [-0.3, -0.25) is 0 Å². The highest BCUT2D eigenvalue weighted by Crippen LogP contribution is 2.44. The van der Waals surface area contributed by atoms with Crippen LogP contribution in [-0.2, 0) is 5.41 Å². The summed E-state index contributed by atoms with van der Waals surface area (Å²) in [4.78, 5) is 4.21. The fraction of sp³-hybridized carbons (Fsp3) is 0.286. The van der Waals surface area contributed by atoms with Gasteiger partial charge in [0, 0.05) is 17.6 Å². The molecule has 1 aliphatic carbocycles. The summed E-state index contributed by atoms with van der Waals surface area (Å²) in [6, 6.07) is 12.9. The van der Waals surface area contributed by atoms with E-state index in [4.69, 9.17) is 0 Å². The monoisotopic (exact) mass is 255 g/mol. The van der Waals surface area contributed by atoms with E-state index >= 15 is 0 Å². The molecule has 0 bridgehead atoms. The van der Waals surface area contributed by atoms with Crippen LogP contribution in [0.1, 0.15) is 18.4 Å². The number of thiazole rings is 1. The van der Waals surface area contributed by atoms with E-state index in [2.05, 4.69) is 16.4 Å². The molecule has 0 radical (unpaired) electrons. The quantitative estimate of drug-likeness (QED) is 0.916. The lowest BCUT2D eigenvalue weighted by molar-refractivity contribution is 0.289. The maximum atomic E-state index is 9.44. The summed E-state index contributed by atoms with van der Waals surface area (Å²) in [5, 5.41) is 15.7. The van der Waals surface area contributed by atoms with Crippen molar-refractivity contribution in [1.29, 1.82) is 5.26 Å². The fourth-order valence-corrected chi connectivity index (χ4v) is 3.11. The number of hydrogen-bond acceptors (Lipinski definition) is 4. The lowest BCUT2D eigenvalue weighted by Crippen LogP contribution is -2.47. The van der Waals surface area contributed by atoms with E-state index < -0.39 is 0 Å². The van der Waals surface area contributed by atoms with Gasteiger partial charge in [-0.15, -0.1) is 11.3 Å². The molecule has 1 fully saturated rings. The van der Waals surface area contributed by atoms with Crippen LogP contribution in [0.2, 0.25) is 0 Å². The van der Waals surface area contributed by atoms with Crippen molar-refractivity contribution in [2.24, 2.45) is 0 Å². The standard InChI is InChI=1S/C14H13N3S/c15-10-14(11-4-2-1-3-5-11)8-12(9-14)17-13-16-6-7-18-13/h1-7,12H,8-9H2,(H,16,17). The molecule has 3 nitrogen and oxygen atoms in total. The topological polar surface area (TPSA) is 48.7 Å². The predicted octanol–water partition coefficient (Wildman–Crippen LogP) is 3.18. The molecule has 0 unspecified atom stereocenters. The summed E-state index contributed by atoms with van der Waals surface area (Å²) in [5.74, 6) is 0. The number of anilines is 1. The average Bonchev–Trinajstić information content (AvgIpc) is 2.87. The molecule has 0 spiro atoms. The minimum atomic E-state index is -0.309. The molecule has 1 aliphatic rings. The van der Waals surface area contributed by atoms with Gasteiger partial charge in [-0.2, -0.15) is 5.26 Å². The van der Waals surface area contributed by atoms with Crippen LogP contribution in [0.4, 0.5) is 5.13 Å².